The van der Waals surface area contributed by atoms with Gasteiger partial charge in [0.1, 0.15) is 6.17 Å². The summed E-state index contributed by atoms with van der Waals surface area (Å²) in [5.74, 6) is 0.340. The van der Waals surface area contributed by atoms with Crippen molar-refractivity contribution in [2.24, 2.45) is 5.92 Å². The summed E-state index contributed by atoms with van der Waals surface area (Å²) in [6.07, 6.45) is 14.0. The normalized spacial score (nSPS) is 25.5. The summed E-state index contributed by atoms with van der Waals surface area (Å²) in [7, 11) is 0. The van der Waals surface area contributed by atoms with Crippen LogP contribution in [-0.2, 0) is 16.0 Å². The highest BCUT2D eigenvalue weighted by atomic mass is 16.5. The molecule has 4 aliphatic rings. The molecule has 3 N–H and O–H groups in total. The molecule has 2 aliphatic carbocycles. The summed E-state index contributed by atoms with van der Waals surface area (Å²) >= 11 is 0. The maximum Gasteiger partial charge on any atom is 0.224 e. The third kappa shape index (κ3) is 4.42. The predicted molar refractivity (Wildman–Crippen MR) is 123 cm³/mol. The Balaban J connectivity index is 1.44. The minimum atomic E-state index is -0.207. The molecule has 164 valence electrons. The average molecular weight is 420 g/mol. The summed E-state index contributed by atoms with van der Waals surface area (Å²) in [4.78, 5) is 12.3. The van der Waals surface area contributed by atoms with Gasteiger partial charge in [-0.25, -0.2) is 0 Å². The van der Waals surface area contributed by atoms with Crippen LogP contribution in [0.15, 0.2) is 47.7 Å². The van der Waals surface area contributed by atoms with Crippen LogP contribution in [0, 0.1) is 12.8 Å². The first-order valence-corrected chi connectivity index (χ1v) is 11.8. The van der Waals surface area contributed by atoms with Crippen LogP contribution < -0.4 is 16.0 Å². The number of nitrogens with one attached hydrogen (secondary N) is 3. The van der Waals surface area contributed by atoms with Crippen molar-refractivity contribution in [2.75, 3.05) is 0 Å². The highest BCUT2D eigenvalue weighted by Gasteiger charge is 2.34. The fourth-order valence-electron chi connectivity index (χ4n) is 4.73. The number of aryl methyl sites for hydroxylation is 2. The van der Waals surface area contributed by atoms with Crippen molar-refractivity contribution in [1.29, 1.82) is 0 Å². The van der Waals surface area contributed by atoms with E-state index in [0.29, 0.717) is 0 Å². The van der Waals surface area contributed by atoms with Gasteiger partial charge in [-0.1, -0.05) is 31.9 Å². The van der Waals surface area contributed by atoms with E-state index in [1.807, 2.05) is 6.20 Å². The SMILES string of the molecule is CCc1ccc(C)c(C2=CC3=CNC(NC(=O)C4CC4)C=C3C(OC3CCCC3)N2)c1. The van der Waals surface area contributed by atoms with Gasteiger partial charge in [0, 0.05) is 29.0 Å². The number of hydrogen-bond acceptors (Lipinski definition) is 4. The summed E-state index contributed by atoms with van der Waals surface area (Å²) in [6.45, 7) is 4.35. The van der Waals surface area contributed by atoms with Crippen molar-refractivity contribution >= 4 is 11.6 Å². The molecule has 2 fully saturated rings. The van der Waals surface area contributed by atoms with E-state index in [4.69, 9.17) is 4.74 Å². The molecule has 0 radical (unpaired) electrons. The summed E-state index contributed by atoms with van der Waals surface area (Å²) < 4.78 is 6.58. The maximum atomic E-state index is 12.3. The van der Waals surface area contributed by atoms with Crippen molar-refractivity contribution in [1.82, 2.24) is 16.0 Å². The second-order valence-corrected chi connectivity index (χ2v) is 9.28. The smallest absolute Gasteiger partial charge is 0.224 e. The number of ether oxygens (including phenoxy) is 1. The van der Waals surface area contributed by atoms with Gasteiger partial charge in [0.05, 0.1) is 6.10 Å². The molecular formula is C26H33N3O2. The number of hydrogen-bond donors (Lipinski definition) is 3. The standard InChI is InChI=1S/C26H33N3O2/c1-3-17-9-8-16(2)21(12-17)23-13-19-15-27-24(29-25(30)18-10-11-18)14-22(19)26(28-23)31-20-6-4-5-7-20/h8-9,12-15,18,20,24,26-28H,3-7,10-11H2,1-2H3,(H,29,30). The molecule has 1 amide bonds. The number of benzene rings is 1. The number of rotatable bonds is 6. The lowest BCUT2D eigenvalue weighted by atomic mass is 9.92. The number of dihydropyridines is 1. The zero-order valence-corrected chi connectivity index (χ0v) is 18.5. The lowest BCUT2D eigenvalue weighted by Gasteiger charge is -2.35. The van der Waals surface area contributed by atoms with E-state index in [1.54, 1.807) is 0 Å². The first-order chi connectivity index (χ1) is 15.1. The molecule has 5 nitrogen and oxygen atoms in total. The van der Waals surface area contributed by atoms with E-state index in [1.165, 1.54) is 29.5 Å². The monoisotopic (exact) mass is 419 g/mol. The number of amides is 1. The van der Waals surface area contributed by atoms with Gasteiger partial charge in [-0.2, -0.15) is 0 Å². The topological polar surface area (TPSA) is 62.4 Å². The van der Waals surface area contributed by atoms with Crippen LogP contribution in [0.5, 0.6) is 0 Å². The third-order valence-electron chi connectivity index (χ3n) is 6.84. The molecule has 1 aromatic carbocycles. The molecule has 0 aromatic heterocycles. The maximum absolute atomic E-state index is 12.3. The Morgan fingerprint density at radius 1 is 1.19 bits per heavy atom. The summed E-state index contributed by atoms with van der Waals surface area (Å²) in [5.41, 5.74) is 7.14. The predicted octanol–water partition coefficient (Wildman–Crippen LogP) is 4.05. The first kappa shape index (κ1) is 20.4. The van der Waals surface area contributed by atoms with E-state index >= 15 is 0 Å². The van der Waals surface area contributed by atoms with Crippen LogP contribution in [-0.4, -0.2) is 24.4 Å². The van der Waals surface area contributed by atoms with E-state index in [-0.39, 0.29) is 30.3 Å². The quantitative estimate of drug-likeness (QED) is 0.651. The Labute approximate surface area is 185 Å². The highest BCUT2D eigenvalue weighted by Crippen LogP contribution is 2.34. The van der Waals surface area contributed by atoms with E-state index in [9.17, 15) is 4.79 Å². The second-order valence-electron chi connectivity index (χ2n) is 9.28. The molecule has 0 spiro atoms. The van der Waals surface area contributed by atoms with Gasteiger partial charge in [-0.3, -0.25) is 4.79 Å². The molecule has 5 rings (SSSR count). The molecule has 5 heteroatoms. The van der Waals surface area contributed by atoms with Crippen molar-refractivity contribution in [3.05, 3.63) is 64.4 Å². The Morgan fingerprint density at radius 2 is 2.00 bits per heavy atom. The average Bonchev–Trinajstić information content (AvgIpc) is 3.51. The zero-order valence-electron chi connectivity index (χ0n) is 18.5. The van der Waals surface area contributed by atoms with Gasteiger partial charge in [0.25, 0.3) is 0 Å². The molecule has 0 saturated heterocycles. The molecule has 31 heavy (non-hydrogen) atoms. The second kappa shape index (κ2) is 8.54. The fraction of sp³-hybridized carbons (Fsp3) is 0.500. The van der Waals surface area contributed by atoms with Crippen LogP contribution in [0.25, 0.3) is 5.70 Å². The van der Waals surface area contributed by atoms with Gasteiger partial charge < -0.3 is 20.7 Å². The summed E-state index contributed by atoms with van der Waals surface area (Å²) in [5, 5.41) is 10.2. The highest BCUT2D eigenvalue weighted by molar-refractivity contribution is 5.81. The van der Waals surface area contributed by atoms with Crippen LogP contribution >= 0.6 is 0 Å². The van der Waals surface area contributed by atoms with Crippen LogP contribution in [0.3, 0.4) is 0 Å². The Bertz CT molecular complexity index is 951. The van der Waals surface area contributed by atoms with Crippen molar-refractivity contribution in [2.45, 2.75) is 77.3 Å². The summed E-state index contributed by atoms with van der Waals surface area (Å²) in [6, 6.07) is 6.69. The van der Waals surface area contributed by atoms with E-state index in [2.05, 4.69) is 60.1 Å². The number of carbonyl (C=O) groups is 1. The Morgan fingerprint density at radius 3 is 2.74 bits per heavy atom. The lowest BCUT2D eigenvalue weighted by molar-refractivity contribution is -0.122. The molecule has 1 aromatic rings. The van der Waals surface area contributed by atoms with Crippen molar-refractivity contribution < 1.29 is 9.53 Å². The Hall–Kier alpha value is -2.53. The molecule has 2 atom stereocenters. The molecule has 2 heterocycles. The Kier molecular flexibility index (Phi) is 5.61. The van der Waals surface area contributed by atoms with E-state index in [0.717, 1.165) is 48.9 Å². The van der Waals surface area contributed by atoms with Gasteiger partial charge in [0.2, 0.25) is 5.91 Å². The lowest BCUT2D eigenvalue weighted by Crippen LogP contribution is -2.47. The van der Waals surface area contributed by atoms with Gasteiger partial charge in [-0.05, 0) is 73.9 Å². The molecule has 2 unspecified atom stereocenters. The molecule has 2 aliphatic heterocycles. The molecular weight excluding hydrogens is 386 g/mol. The van der Waals surface area contributed by atoms with E-state index < -0.39 is 0 Å². The number of fused-ring (bicyclic) bond motifs is 1. The van der Waals surface area contributed by atoms with Crippen LogP contribution in [0.4, 0.5) is 0 Å². The number of carbonyl (C=O) groups excluding carboxylic acids is 1. The van der Waals surface area contributed by atoms with Crippen molar-refractivity contribution in [3.8, 4) is 0 Å². The minimum Gasteiger partial charge on any atom is -0.368 e. The molecule has 2 saturated carbocycles. The fourth-order valence-corrected chi connectivity index (χ4v) is 4.73. The number of allylic oxidation sites excluding steroid dienone is 1. The molecule has 0 bridgehead atoms. The van der Waals surface area contributed by atoms with Gasteiger partial charge >= 0.3 is 0 Å². The van der Waals surface area contributed by atoms with Gasteiger partial charge in [-0.15, -0.1) is 0 Å². The van der Waals surface area contributed by atoms with Crippen molar-refractivity contribution in [3.63, 3.8) is 0 Å². The first-order valence-electron chi connectivity index (χ1n) is 11.8. The van der Waals surface area contributed by atoms with Gasteiger partial charge in [0.15, 0.2) is 6.23 Å². The minimum absolute atomic E-state index is 0.145. The zero-order chi connectivity index (χ0) is 21.4. The van der Waals surface area contributed by atoms with Crippen LogP contribution in [0.2, 0.25) is 0 Å². The van der Waals surface area contributed by atoms with Crippen LogP contribution in [0.1, 0.15) is 62.1 Å². The largest absolute Gasteiger partial charge is 0.368 e. The third-order valence-corrected chi connectivity index (χ3v) is 6.84.